The lowest BCUT2D eigenvalue weighted by Gasteiger charge is -2.21. The Kier molecular flexibility index (Phi) is 8.15. The summed E-state index contributed by atoms with van der Waals surface area (Å²) in [4.78, 5) is 23.1. The summed E-state index contributed by atoms with van der Waals surface area (Å²) in [7, 11) is 1.23. The molecule has 1 aromatic carbocycles. The van der Waals surface area contributed by atoms with E-state index in [1.165, 1.54) is 51.5 Å². The number of ether oxygens (including phenoxy) is 2. The monoisotopic (exact) mass is 433 g/mol. The van der Waals surface area contributed by atoms with Crippen molar-refractivity contribution in [3.63, 3.8) is 0 Å². The number of esters is 1. The van der Waals surface area contributed by atoms with E-state index in [2.05, 4.69) is 20.3 Å². The SMILES string of the molecule is COC(=O)/C=C1/S/C(=N\N=Cc2ccc(COCC3CCCCC3)c(F)c2)NC1=O. The molecule has 1 saturated heterocycles. The van der Waals surface area contributed by atoms with Crippen LogP contribution in [0.3, 0.4) is 0 Å². The summed E-state index contributed by atoms with van der Waals surface area (Å²) in [5.74, 6) is -0.856. The van der Waals surface area contributed by atoms with Gasteiger partial charge in [-0.25, -0.2) is 9.18 Å². The van der Waals surface area contributed by atoms with E-state index in [9.17, 15) is 14.0 Å². The summed E-state index contributed by atoms with van der Waals surface area (Å²) in [5, 5.41) is 10.5. The van der Waals surface area contributed by atoms with Crippen LogP contribution in [0.5, 0.6) is 0 Å². The summed E-state index contributed by atoms with van der Waals surface area (Å²) in [6.45, 7) is 0.927. The summed E-state index contributed by atoms with van der Waals surface area (Å²) in [6, 6.07) is 4.77. The molecule has 2 fully saturated rings. The van der Waals surface area contributed by atoms with E-state index in [1.807, 2.05) is 0 Å². The maximum Gasteiger partial charge on any atom is 0.331 e. The van der Waals surface area contributed by atoms with Gasteiger partial charge in [0.1, 0.15) is 5.82 Å². The molecule has 160 valence electrons. The predicted molar refractivity (Wildman–Crippen MR) is 113 cm³/mol. The van der Waals surface area contributed by atoms with Crippen LogP contribution in [0, 0.1) is 11.7 Å². The number of amidine groups is 1. The molecule has 3 rings (SSSR count). The third kappa shape index (κ3) is 6.50. The molecular formula is C21H24FN3O4S. The number of hydrogen-bond donors (Lipinski definition) is 1. The topological polar surface area (TPSA) is 89.3 Å². The minimum absolute atomic E-state index is 0.166. The Morgan fingerprint density at radius 3 is 2.87 bits per heavy atom. The van der Waals surface area contributed by atoms with Gasteiger partial charge in [0, 0.05) is 18.2 Å². The third-order valence-electron chi connectivity index (χ3n) is 4.87. The normalized spacial score (nSPS) is 20.3. The first-order valence-electron chi connectivity index (χ1n) is 9.81. The molecule has 2 aliphatic rings. The van der Waals surface area contributed by atoms with E-state index in [4.69, 9.17) is 4.74 Å². The second-order valence-electron chi connectivity index (χ2n) is 7.11. The molecule has 1 saturated carbocycles. The first-order chi connectivity index (χ1) is 14.5. The van der Waals surface area contributed by atoms with Crippen molar-refractivity contribution in [2.75, 3.05) is 13.7 Å². The van der Waals surface area contributed by atoms with Gasteiger partial charge in [-0.3, -0.25) is 10.1 Å². The number of rotatable bonds is 7. The number of benzene rings is 1. The molecule has 0 radical (unpaired) electrons. The van der Waals surface area contributed by atoms with Crippen LogP contribution in [0.4, 0.5) is 4.39 Å². The van der Waals surface area contributed by atoms with Crippen molar-refractivity contribution >= 4 is 35.0 Å². The molecule has 1 aliphatic heterocycles. The number of carbonyl (C=O) groups is 2. The van der Waals surface area contributed by atoms with Crippen LogP contribution in [0.2, 0.25) is 0 Å². The maximum absolute atomic E-state index is 14.3. The highest BCUT2D eigenvalue weighted by Crippen LogP contribution is 2.25. The highest BCUT2D eigenvalue weighted by atomic mass is 32.2. The summed E-state index contributed by atoms with van der Waals surface area (Å²) < 4.78 is 24.5. The Labute approximate surface area is 178 Å². The van der Waals surface area contributed by atoms with Crippen LogP contribution in [-0.4, -0.2) is 37.0 Å². The van der Waals surface area contributed by atoms with Crippen molar-refractivity contribution in [2.45, 2.75) is 38.7 Å². The van der Waals surface area contributed by atoms with E-state index >= 15 is 0 Å². The molecule has 9 heteroatoms. The van der Waals surface area contributed by atoms with Crippen LogP contribution in [-0.2, 0) is 25.7 Å². The van der Waals surface area contributed by atoms with Crippen molar-refractivity contribution in [2.24, 2.45) is 16.1 Å². The quantitative estimate of drug-likeness (QED) is 0.308. The fraction of sp³-hybridized carbons (Fsp3) is 0.429. The van der Waals surface area contributed by atoms with Crippen LogP contribution in [0.15, 0.2) is 39.4 Å². The molecule has 1 aliphatic carbocycles. The van der Waals surface area contributed by atoms with Crippen LogP contribution < -0.4 is 5.32 Å². The van der Waals surface area contributed by atoms with E-state index in [0.29, 0.717) is 23.7 Å². The summed E-state index contributed by atoms with van der Waals surface area (Å²) >= 11 is 0.969. The molecule has 0 atom stereocenters. The van der Waals surface area contributed by atoms with Gasteiger partial charge < -0.3 is 9.47 Å². The Morgan fingerprint density at radius 1 is 1.33 bits per heavy atom. The predicted octanol–water partition coefficient (Wildman–Crippen LogP) is 3.53. The van der Waals surface area contributed by atoms with Crippen molar-refractivity contribution in [3.05, 3.63) is 46.1 Å². The average molecular weight is 434 g/mol. The second kappa shape index (κ2) is 11.0. The highest BCUT2D eigenvalue weighted by Gasteiger charge is 2.25. The number of carbonyl (C=O) groups excluding carboxylic acids is 2. The van der Waals surface area contributed by atoms with Gasteiger partial charge in [-0.05, 0) is 42.2 Å². The number of halogens is 1. The van der Waals surface area contributed by atoms with Gasteiger partial charge in [0.15, 0.2) is 5.17 Å². The van der Waals surface area contributed by atoms with Crippen molar-refractivity contribution in [1.82, 2.24) is 5.32 Å². The average Bonchev–Trinajstić information content (AvgIpc) is 3.09. The molecule has 30 heavy (non-hydrogen) atoms. The van der Waals surface area contributed by atoms with E-state index in [-0.39, 0.29) is 22.5 Å². The molecule has 1 amide bonds. The Morgan fingerprint density at radius 2 is 2.13 bits per heavy atom. The van der Waals surface area contributed by atoms with Crippen molar-refractivity contribution < 1.29 is 23.5 Å². The molecule has 1 N–H and O–H groups in total. The minimum Gasteiger partial charge on any atom is -0.466 e. The van der Waals surface area contributed by atoms with Gasteiger partial charge in [-0.1, -0.05) is 31.4 Å². The fourth-order valence-electron chi connectivity index (χ4n) is 3.24. The lowest BCUT2D eigenvalue weighted by Crippen LogP contribution is -2.19. The number of nitrogens with one attached hydrogen (secondary N) is 1. The highest BCUT2D eigenvalue weighted by molar-refractivity contribution is 8.18. The maximum atomic E-state index is 14.3. The lowest BCUT2D eigenvalue weighted by atomic mass is 9.90. The molecule has 1 aromatic rings. The second-order valence-corrected chi connectivity index (χ2v) is 8.14. The van der Waals surface area contributed by atoms with Crippen LogP contribution >= 0.6 is 11.8 Å². The van der Waals surface area contributed by atoms with E-state index in [0.717, 1.165) is 17.8 Å². The molecule has 0 spiro atoms. The summed E-state index contributed by atoms with van der Waals surface area (Å²) in [6.07, 6.45) is 8.67. The first-order valence-corrected chi connectivity index (χ1v) is 10.6. The molecule has 7 nitrogen and oxygen atoms in total. The van der Waals surface area contributed by atoms with Crippen molar-refractivity contribution in [1.29, 1.82) is 0 Å². The Balaban J connectivity index is 1.52. The lowest BCUT2D eigenvalue weighted by molar-refractivity contribution is -0.135. The Hall–Kier alpha value is -2.52. The number of hydrogen-bond acceptors (Lipinski definition) is 7. The van der Waals surface area contributed by atoms with Gasteiger partial charge in [0.25, 0.3) is 5.91 Å². The number of amides is 1. The molecule has 1 heterocycles. The summed E-state index contributed by atoms with van der Waals surface area (Å²) in [5.41, 5.74) is 1.04. The zero-order valence-corrected chi connectivity index (χ0v) is 17.5. The van der Waals surface area contributed by atoms with Crippen LogP contribution in [0.25, 0.3) is 0 Å². The van der Waals surface area contributed by atoms with Gasteiger partial charge in [0.05, 0.1) is 24.8 Å². The van der Waals surface area contributed by atoms with Gasteiger partial charge in [-0.2, -0.15) is 5.10 Å². The van der Waals surface area contributed by atoms with Gasteiger partial charge in [-0.15, -0.1) is 5.10 Å². The zero-order valence-electron chi connectivity index (χ0n) is 16.7. The van der Waals surface area contributed by atoms with E-state index < -0.39 is 11.9 Å². The number of nitrogens with zero attached hydrogens (tertiary/aromatic N) is 2. The van der Waals surface area contributed by atoms with Gasteiger partial charge >= 0.3 is 5.97 Å². The largest absolute Gasteiger partial charge is 0.466 e. The number of methoxy groups -OCH3 is 1. The van der Waals surface area contributed by atoms with E-state index in [1.54, 1.807) is 12.1 Å². The first kappa shape index (κ1) is 22.2. The minimum atomic E-state index is -0.629. The molecule has 0 bridgehead atoms. The molecule has 0 aromatic heterocycles. The zero-order chi connectivity index (χ0) is 21.3. The third-order valence-corrected chi connectivity index (χ3v) is 5.77. The Bertz CT molecular complexity index is 879. The number of thioether (sulfide) groups is 1. The molecule has 0 unspecified atom stereocenters. The van der Waals surface area contributed by atoms with Crippen LogP contribution in [0.1, 0.15) is 43.2 Å². The fourth-order valence-corrected chi connectivity index (χ4v) is 3.98. The van der Waals surface area contributed by atoms with Gasteiger partial charge in [0.2, 0.25) is 0 Å². The standard InChI is InChI=1S/C21H24FN3O4S/c1-28-19(26)10-18-20(27)24-21(30-18)25-23-11-15-7-8-16(17(22)9-15)13-29-12-14-5-3-2-4-6-14/h7-11,14H,2-6,12-13H2,1H3,(H,24,25,27)/b18-10+,23-11?. The smallest absolute Gasteiger partial charge is 0.331 e. The van der Waals surface area contributed by atoms with Crippen molar-refractivity contribution in [3.8, 4) is 0 Å². The molecular weight excluding hydrogens is 409 g/mol.